The number of anilines is 1. The average Bonchev–Trinajstić information content (AvgIpc) is 2.50. The molecule has 2 rings (SSSR count). The van der Waals surface area contributed by atoms with Crippen LogP contribution in [0.2, 0.25) is 0 Å². The number of nitrogens with two attached hydrogens (primary N) is 1. The van der Waals surface area contributed by atoms with Gasteiger partial charge in [-0.2, -0.15) is 0 Å². The average molecular weight is 284 g/mol. The molecule has 4 nitrogen and oxygen atoms in total. The second-order valence-corrected chi connectivity index (χ2v) is 5.03. The summed E-state index contributed by atoms with van der Waals surface area (Å²) in [5.74, 6) is 0. The van der Waals surface area contributed by atoms with Gasteiger partial charge in [0.1, 0.15) is 0 Å². The van der Waals surface area contributed by atoms with Crippen LogP contribution in [0.25, 0.3) is 0 Å². The summed E-state index contributed by atoms with van der Waals surface area (Å²) in [7, 11) is 1.34. The van der Waals surface area contributed by atoms with E-state index in [1.54, 1.807) is 0 Å². The standard InChI is InChI=1S/C17H20N2O2/c1-11-9-14(16(18)13-7-5-4-6-8-13)15(10-12(11)2)19-17(20)21-3/h4-10,16H,18H2,1-3H3,(H,19,20). The van der Waals surface area contributed by atoms with Crippen molar-refractivity contribution in [3.63, 3.8) is 0 Å². The fourth-order valence-electron chi connectivity index (χ4n) is 2.20. The molecule has 0 radical (unpaired) electrons. The Bertz CT molecular complexity index is 639. The lowest BCUT2D eigenvalue weighted by atomic mass is 9.94. The number of hydrogen-bond acceptors (Lipinski definition) is 3. The molecule has 0 aromatic heterocycles. The first-order valence-corrected chi connectivity index (χ1v) is 6.79. The van der Waals surface area contributed by atoms with Crippen molar-refractivity contribution in [3.8, 4) is 0 Å². The van der Waals surface area contributed by atoms with Crippen molar-refractivity contribution in [2.45, 2.75) is 19.9 Å². The van der Waals surface area contributed by atoms with Gasteiger partial charge in [0.2, 0.25) is 0 Å². The first-order chi connectivity index (χ1) is 10.0. The summed E-state index contributed by atoms with van der Waals surface area (Å²) in [6.45, 7) is 4.02. The topological polar surface area (TPSA) is 64.3 Å². The molecular weight excluding hydrogens is 264 g/mol. The maximum absolute atomic E-state index is 11.5. The zero-order valence-corrected chi connectivity index (χ0v) is 12.5. The Balaban J connectivity index is 2.45. The quantitative estimate of drug-likeness (QED) is 0.906. The van der Waals surface area contributed by atoms with E-state index in [2.05, 4.69) is 10.1 Å². The molecule has 1 atom stereocenters. The Morgan fingerprint density at radius 2 is 1.76 bits per heavy atom. The molecule has 0 aliphatic heterocycles. The lowest BCUT2D eigenvalue weighted by molar-refractivity contribution is 0.187. The third kappa shape index (κ3) is 3.41. The molecule has 0 bridgehead atoms. The van der Waals surface area contributed by atoms with E-state index in [9.17, 15) is 4.79 Å². The summed E-state index contributed by atoms with van der Waals surface area (Å²) >= 11 is 0. The SMILES string of the molecule is COC(=O)Nc1cc(C)c(C)cc1C(N)c1ccccc1. The van der Waals surface area contributed by atoms with E-state index in [1.165, 1.54) is 7.11 Å². The van der Waals surface area contributed by atoms with Crippen molar-refractivity contribution in [3.05, 3.63) is 64.7 Å². The van der Waals surface area contributed by atoms with Crippen LogP contribution in [0.1, 0.15) is 28.3 Å². The monoisotopic (exact) mass is 284 g/mol. The van der Waals surface area contributed by atoms with Crippen molar-refractivity contribution in [1.29, 1.82) is 0 Å². The Morgan fingerprint density at radius 1 is 1.14 bits per heavy atom. The molecule has 3 N–H and O–H groups in total. The van der Waals surface area contributed by atoms with Gasteiger partial charge in [0.25, 0.3) is 0 Å². The van der Waals surface area contributed by atoms with Crippen LogP contribution in [0.3, 0.4) is 0 Å². The van der Waals surface area contributed by atoms with E-state index in [1.807, 2.05) is 56.3 Å². The number of aryl methyl sites for hydroxylation is 2. The van der Waals surface area contributed by atoms with E-state index in [0.29, 0.717) is 5.69 Å². The number of nitrogens with one attached hydrogen (secondary N) is 1. The number of benzene rings is 2. The van der Waals surface area contributed by atoms with Crippen molar-refractivity contribution >= 4 is 11.8 Å². The van der Waals surface area contributed by atoms with E-state index < -0.39 is 6.09 Å². The fourth-order valence-corrected chi connectivity index (χ4v) is 2.20. The Hall–Kier alpha value is -2.33. The molecular formula is C17H20N2O2. The lowest BCUT2D eigenvalue weighted by Gasteiger charge is -2.19. The van der Waals surface area contributed by atoms with Gasteiger partial charge in [-0.15, -0.1) is 0 Å². The van der Waals surface area contributed by atoms with Crippen LogP contribution in [-0.4, -0.2) is 13.2 Å². The van der Waals surface area contributed by atoms with E-state index in [0.717, 1.165) is 22.3 Å². The van der Waals surface area contributed by atoms with Crippen LogP contribution < -0.4 is 11.1 Å². The highest BCUT2D eigenvalue weighted by Crippen LogP contribution is 2.29. The van der Waals surface area contributed by atoms with Gasteiger partial charge < -0.3 is 10.5 Å². The van der Waals surface area contributed by atoms with Crippen LogP contribution in [0.4, 0.5) is 10.5 Å². The van der Waals surface area contributed by atoms with Crippen molar-refractivity contribution < 1.29 is 9.53 Å². The van der Waals surface area contributed by atoms with Crippen LogP contribution in [0.15, 0.2) is 42.5 Å². The van der Waals surface area contributed by atoms with Gasteiger partial charge in [-0.3, -0.25) is 5.32 Å². The summed E-state index contributed by atoms with van der Waals surface area (Å²) < 4.78 is 4.67. The Labute approximate surface area is 124 Å². The molecule has 2 aromatic rings. The second-order valence-electron chi connectivity index (χ2n) is 5.03. The first-order valence-electron chi connectivity index (χ1n) is 6.79. The van der Waals surface area contributed by atoms with Crippen molar-refractivity contribution in [2.24, 2.45) is 5.73 Å². The maximum Gasteiger partial charge on any atom is 0.411 e. The number of rotatable bonds is 3. The largest absolute Gasteiger partial charge is 0.453 e. The van der Waals surface area contributed by atoms with E-state index >= 15 is 0 Å². The highest BCUT2D eigenvalue weighted by molar-refractivity contribution is 5.86. The normalized spacial score (nSPS) is 11.8. The van der Waals surface area contributed by atoms with Crippen molar-refractivity contribution in [2.75, 3.05) is 12.4 Å². The Kier molecular flexibility index (Phi) is 4.60. The fraction of sp³-hybridized carbons (Fsp3) is 0.235. The van der Waals surface area contributed by atoms with Gasteiger partial charge in [0.05, 0.1) is 13.2 Å². The zero-order valence-electron chi connectivity index (χ0n) is 12.5. The molecule has 0 saturated heterocycles. The third-order valence-corrected chi connectivity index (χ3v) is 3.58. The van der Waals surface area contributed by atoms with Crippen LogP contribution in [-0.2, 0) is 4.74 Å². The number of amides is 1. The van der Waals surface area contributed by atoms with E-state index in [-0.39, 0.29) is 6.04 Å². The molecule has 1 unspecified atom stereocenters. The smallest absolute Gasteiger partial charge is 0.411 e. The summed E-state index contributed by atoms with van der Waals surface area (Å²) in [4.78, 5) is 11.5. The molecule has 0 heterocycles. The summed E-state index contributed by atoms with van der Waals surface area (Å²) in [6.07, 6.45) is -0.500. The summed E-state index contributed by atoms with van der Waals surface area (Å²) in [5.41, 5.74) is 11.1. The predicted molar refractivity (Wildman–Crippen MR) is 84.4 cm³/mol. The molecule has 2 aromatic carbocycles. The van der Waals surface area contributed by atoms with Gasteiger partial charge in [0, 0.05) is 5.69 Å². The van der Waals surface area contributed by atoms with Crippen LogP contribution in [0, 0.1) is 13.8 Å². The molecule has 110 valence electrons. The number of methoxy groups -OCH3 is 1. The minimum Gasteiger partial charge on any atom is -0.453 e. The van der Waals surface area contributed by atoms with Gasteiger partial charge >= 0.3 is 6.09 Å². The van der Waals surface area contributed by atoms with Gasteiger partial charge in [-0.1, -0.05) is 36.4 Å². The van der Waals surface area contributed by atoms with E-state index in [4.69, 9.17) is 5.73 Å². The predicted octanol–water partition coefficient (Wildman–Crippen LogP) is 3.53. The lowest BCUT2D eigenvalue weighted by Crippen LogP contribution is -2.18. The van der Waals surface area contributed by atoms with Crippen LogP contribution >= 0.6 is 0 Å². The second kappa shape index (κ2) is 6.41. The van der Waals surface area contributed by atoms with Crippen molar-refractivity contribution in [1.82, 2.24) is 0 Å². The minimum absolute atomic E-state index is 0.308. The number of hydrogen-bond donors (Lipinski definition) is 2. The zero-order chi connectivity index (χ0) is 15.4. The third-order valence-electron chi connectivity index (χ3n) is 3.58. The molecule has 0 fully saturated rings. The number of carbonyl (C=O) groups is 1. The molecule has 0 spiro atoms. The first kappa shape index (κ1) is 15.1. The number of carbonyl (C=O) groups excluding carboxylic acids is 1. The minimum atomic E-state index is -0.500. The molecule has 21 heavy (non-hydrogen) atoms. The molecule has 1 amide bonds. The number of ether oxygens (including phenoxy) is 1. The summed E-state index contributed by atoms with van der Waals surface area (Å²) in [6, 6.07) is 13.4. The molecule has 0 aliphatic carbocycles. The highest BCUT2D eigenvalue weighted by Gasteiger charge is 2.16. The maximum atomic E-state index is 11.5. The molecule has 4 heteroatoms. The summed E-state index contributed by atoms with van der Waals surface area (Å²) in [5, 5.41) is 2.74. The Morgan fingerprint density at radius 3 is 2.38 bits per heavy atom. The highest BCUT2D eigenvalue weighted by atomic mass is 16.5. The molecule has 0 aliphatic rings. The van der Waals surface area contributed by atoms with Gasteiger partial charge in [0.15, 0.2) is 0 Å². The van der Waals surface area contributed by atoms with Gasteiger partial charge in [-0.05, 0) is 42.2 Å². The molecule has 0 saturated carbocycles. The van der Waals surface area contributed by atoms with Gasteiger partial charge in [-0.25, -0.2) is 4.79 Å². The van der Waals surface area contributed by atoms with Crippen LogP contribution in [0.5, 0.6) is 0 Å².